The van der Waals surface area contributed by atoms with Gasteiger partial charge in [0, 0.05) is 31.0 Å². The molecule has 10 heteroatoms. The zero-order valence-electron chi connectivity index (χ0n) is 25.1. The fourth-order valence-electron chi connectivity index (χ4n) is 4.66. The van der Waals surface area contributed by atoms with Crippen LogP contribution in [0.4, 0.5) is 10.3 Å². The monoisotopic (exact) mass is 597 g/mol. The van der Waals surface area contributed by atoms with Crippen LogP contribution in [-0.2, 0) is 37.3 Å². The van der Waals surface area contributed by atoms with Gasteiger partial charge in [-0.1, -0.05) is 49.4 Å². The van der Waals surface area contributed by atoms with Gasteiger partial charge in [-0.05, 0) is 57.0 Å². The van der Waals surface area contributed by atoms with Crippen LogP contribution in [-0.4, -0.2) is 55.8 Å². The van der Waals surface area contributed by atoms with E-state index in [4.69, 9.17) is 14.2 Å². The molecule has 1 fully saturated rings. The molecule has 1 saturated heterocycles. The van der Waals surface area contributed by atoms with Gasteiger partial charge in [0.1, 0.15) is 5.82 Å². The van der Waals surface area contributed by atoms with Gasteiger partial charge < -0.3 is 14.2 Å². The molecule has 1 aliphatic rings. The van der Waals surface area contributed by atoms with E-state index in [0.29, 0.717) is 48.4 Å². The van der Waals surface area contributed by atoms with Crippen LogP contribution in [0.3, 0.4) is 0 Å². The van der Waals surface area contributed by atoms with Crippen molar-refractivity contribution in [3.05, 3.63) is 83.3 Å². The van der Waals surface area contributed by atoms with Crippen LogP contribution in [0.1, 0.15) is 57.4 Å². The van der Waals surface area contributed by atoms with Crippen molar-refractivity contribution in [3.63, 3.8) is 0 Å². The lowest BCUT2D eigenvalue weighted by Crippen LogP contribution is -2.41. The van der Waals surface area contributed by atoms with Crippen molar-refractivity contribution in [2.45, 2.75) is 77.7 Å². The predicted octanol–water partition coefficient (Wildman–Crippen LogP) is 6.16. The first-order valence-electron chi connectivity index (χ1n) is 14.1. The minimum atomic E-state index is -3.60. The molecule has 1 aromatic heterocycles. The molecule has 0 aliphatic carbocycles. The lowest BCUT2D eigenvalue weighted by molar-refractivity contribution is -0.246. The highest BCUT2D eigenvalue weighted by Crippen LogP contribution is 2.31. The zero-order chi connectivity index (χ0) is 30.5. The van der Waals surface area contributed by atoms with E-state index in [0.717, 1.165) is 16.1 Å². The molecular formula is C32H40FN3O5S. The van der Waals surface area contributed by atoms with Crippen molar-refractivity contribution in [1.29, 1.82) is 0 Å². The second kappa shape index (κ2) is 13.4. The minimum absolute atomic E-state index is 0.0489. The SMILES string of the molecule is CCc1nc(N(C)S(C)(=O)=O)nc(-c2ccc(F)cc2)c1C=CC1CC(OCc2ccccc2)CC(OC(C)(C)C)O1. The Morgan fingerprint density at radius 3 is 2.38 bits per heavy atom. The van der Waals surface area contributed by atoms with Gasteiger partial charge in [0.05, 0.1) is 42.1 Å². The Hall–Kier alpha value is -3.18. The summed E-state index contributed by atoms with van der Waals surface area (Å²) in [5.74, 6) is -0.330. The molecule has 0 spiro atoms. The van der Waals surface area contributed by atoms with Crippen LogP contribution < -0.4 is 4.31 Å². The van der Waals surface area contributed by atoms with Gasteiger partial charge in [-0.3, -0.25) is 0 Å². The summed E-state index contributed by atoms with van der Waals surface area (Å²) in [5.41, 5.74) is 3.19. The maximum absolute atomic E-state index is 13.8. The molecule has 0 radical (unpaired) electrons. The van der Waals surface area contributed by atoms with Crippen molar-refractivity contribution < 1.29 is 27.0 Å². The number of hydrogen-bond donors (Lipinski definition) is 0. The lowest BCUT2D eigenvalue weighted by Gasteiger charge is -2.37. The summed E-state index contributed by atoms with van der Waals surface area (Å²) in [6, 6.07) is 16.0. The molecule has 0 saturated carbocycles. The lowest BCUT2D eigenvalue weighted by atomic mass is 9.99. The van der Waals surface area contributed by atoms with E-state index >= 15 is 0 Å². The predicted molar refractivity (Wildman–Crippen MR) is 163 cm³/mol. The number of nitrogens with zero attached hydrogens (tertiary/aromatic N) is 3. The Morgan fingerprint density at radius 1 is 1.07 bits per heavy atom. The number of ether oxygens (including phenoxy) is 3. The van der Waals surface area contributed by atoms with Gasteiger partial charge in [0.15, 0.2) is 6.29 Å². The Morgan fingerprint density at radius 2 is 1.76 bits per heavy atom. The van der Waals surface area contributed by atoms with Gasteiger partial charge >= 0.3 is 0 Å². The largest absolute Gasteiger partial charge is 0.373 e. The Balaban J connectivity index is 1.68. The van der Waals surface area contributed by atoms with Gasteiger partial charge in [0.25, 0.3) is 0 Å². The van der Waals surface area contributed by atoms with Gasteiger partial charge in [0.2, 0.25) is 16.0 Å². The summed E-state index contributed by atoms with van der Waals surface area (Å²) >= 11 is 0. The first kappa shape index (κ1) is 31.7. The van der Waals surface area contributed by atoms with Crippen LogP contribution in [0.15, 0.2) is 60.7 Å². The molecule has 4 rings (SSSR count). The molecule has 0 N–H and O–H groups in total. The van der Waals surface area contributed by atoms with E-state index in [1.807, 2.05) is 70.2 Å². The molecule has 3 atom stereocenters. The third-order valence-corrected chi connectivity index (χ3v) is 7.97. The zero-order valence-corrected chi connectivity index (χ0v) is 25.9. The summed E-state index contributed by atoms with van der Waals surface area (Å²) in [6.07, 6.45) is 5.81. The third-order valence-electron chi connectivity index (χ3n) is 6.81. The molecule has 3 aromatic rings. The highest BCUT2D eigenvalue weighted by molar-refractivity contribution is 7.92. The Labute approximate surface area is 248 Å². The molecule has 1 aliphatic heterocycles. The molecule has 2 heterocycles. The molecule has 226 valence electrons. The normalized spacial score (nSPS) is 19.7. The highest BCUT2D eigenvalue weighted by atomic mass is 32.2. The second-order valence-corrected chi connectivity index (χ2v) is 13.4. The Bertz CT molecular complexity index is 1470. The summed E-state index contributed by atoms with van der Waals surface area (Å²) in [4.78, 5) is 9.21. The fraction of sp³-hybridized carbons (Fsp3) is 0.438. The number of anilines is 1. The number of sulfonamides is 1. The topological polar surface area (TPSA) is 90.9 Å². The maximum atomic E-state index is 13.8. The number of aromatic nitrogens is 2. The summed E-state index contributed by atoms with van der Waals surface area (Å²) in [5, 5.41) is 0. The van der Waals surface area contributed by atoms with Crippen LogP contribution in [0.5, 0.6) is 0 Å². The summed E-state index contributed by atoms with van der Waals surface area (Å²) in [6.45, 7) is 8.40. The maximum Gasteiger partial charge on any atom is 0.239 e. The van der Waals surface area contributed by atoms with Crippen molar-refractivity contribution in [2.24, 2.45) is 0 Å². The van der Waals surface area contributed by atoms with Crippen molar-refractivity contribution in [1.82, 2.24) is 9.97 Å². The van der Waals surface area contributed by atoms with Gasteiger partial charge in [-0.25, -0.2) is 27.1 Å². The molecule has 8 nitrogen and oxygen atoms in total. The molecule has 0 amide bonds. The fourth-order valence-corrected chi connectivity index (χ4v) is 5.04. The number of hydrogen-bond acceptors (Lipinski definition) is 7. The summed E-state index contributed by atoms with van der Waals surface area (Å²) < 4.78 is 58.3. The van der Waals surface area contributed by atoms with Crippen molar-refractivity contribution >= 4 is 22.0 Å². The third kappa shape index (κ3) is 8.67. The number of aryl methyl sites for hydroxylation is 1. The van der Waals surface area contributed by atoms with E-state index in [1.165, 1.54) is 19.2 Å². The highest BCUT2D eigenvalue weighted by Gasteiger charge is 2.32. The average molecular weight is 598 g/mol. The van der Waals surface area contributed by atoms with E-state index < -0.39 is 21.9 Å². The smallest absolute Gasteiger partial charge is 0.239 e. The van der Waals surface area contributed by atoms with E-state index in [9.17, 15) is 12.8 Å². The van der Waals surface area contributed by atoms with E-state index in [1.54, 1.807) is 12.1 Å². The van der Waals surface area contributed by atoms with Crippen LogP contribution >= 0.6 is 0 Å². The second-order valence-electron chi connectivity index (χ2n) is 11.4. The van der Waals surface area contributed by atoms with E-state index in [-0.39, 0.29) is 24.0 Å². The van der Waals surface area contributed by atoms with E-state index in [2.05, 4.69) is 9.97 Å². The first-order chi connectivity index (χ1) is 19.8. The molecule has 2 aromatic carbocycles. The average Bonchev–Trinajstić information content (AvgIpc) is 2.93. The number of benzene rings is 2. The molecule has 0 bridgehead atoms. The Kier molecular flexibility index (Phi) is 10.1. The number of rotatable bonds is 10. The standard InChI is InChI=1S/C32H40FN3O5S/c1-7-28-27(30(23-13-15-24(33)16-14-23)35-31(34-28)36(5)42(6,37)38)18-17-25-19-26(20-29(40-25)41-32(2,3)4)39-21-22-11-9-8-10-12-22/h8-18,25-26,29H,7,19-21H2,1-6H3. The molecule has 42 heavy (non-hydrogen) atoms. The molecule has 3 unspecified atom stereocenters. The van der Waals surface area contributed by atoms with Crippen LogP contribution in [0, 0.1) is 5.82 Å². The quantitative estimate of drug-likeness (QED) is 0.277. The van der Waals surface area contributed by atoms with Gasteiger partial charge in [-0.2, -0.15) is 0 Å². The van der Waals surface area contributed by atoms with Crippen molar-refractivity contribution in [2.75, 3.05) is 17.6 Å². The van der Waals surface area contributed by atoms with Crippen LogP contribution in [0.2, 0.25) is 0 Å². The summed E-state index contributed by atoms with van der Waals surface area (Å²) in [7, 11) is -2.19. The van der Waals surface area contributed by atoms with Crippen LogP contribution in [0.25, 0.3) is 17.3 Å². The molecular weight excluding hydrogens is 557 g/mol. The first-order valence-corrected chi connectivity index (χ1v) is 15.9. The number of halogens is 1. The minimum Gasteiger partial charge on any atom is -0.373 e. The van der Waals surface area contributed by atoms with Crippen molar-refractivity contribution in [3.8, 4) is 11.3 Å². The van der Waals surface area contributed by atoms with Gasteiger partial charge in [-0.15, -0.1) is 0 Å².